The number of benzene rings is 1. The minimum absolute atomic E-state index is 0.00885. The largest absolute Gasteiger partial charge is 0.339 e. The molecule has 0 radical (unpaired) electrons. The van der Waals surface area contributed by atoms with Gasteiger partial charge < -0.3 is 5.32 Å². The molecule has 21 heavy (non-hydrogen) atoms. The predicted molar refractivity (Wildman–Crippen MR) is 81.3 cm³/mol. The molecule has 112 valence electrons. The van der Waals surface area contributed by atoms with E-state index in [2.05, 4.69) is 15.3 Å². The molecule has 6 nitrogen and oxygen atoms in total. The maximum atomic E-state index is 11.1. The van der Waals surface area contributed by atoms with Crippen molar-refractivity contribution in [2.24, 2.45) is 0 Å². The van der Waals surface area contributed by atoms with E-state index < -0.39 is 10.1 Å². The molecule has 1 heterocycles. The van der Waals surface area contributed by atoms with E-state index in [-0.39, 0.29) is 26.2 Å². The van der Waals surface area contributed by atoms with Gasteiger partial charge in [0.25, 0.3) is 10.1 Å². The van der Waals surface area contributed by atoms with Gasteiger partial charge in [0.2, 0.25) is 5.28 Å². The topological polar surface area (TPSA) is 92.2 Å². The van der Waals surface area contributed by atoms with Crippen LogP contribution in [0.1, 0.15) is 5.56 Å². The average molecular weight is 369 g/mol. The van der Waals surface area contributed by atoms with Crippen LogP contribution in [0.5, 0.6) is 0 Å². The van der Waals surface area contributed by atoms with Crippen LogP contribution < -0.4 is 5.32 Å². The molecule has 0 bridgehead atoms. The first-order valence-electron chi connectivity index (χ1n) is 5.42. The molecule has 2 N–H and O–H groups in total. The third-order valence-electron chi connectivity index (χ3n) is 2.50. The number of rotatable bonds is 3. The molecule has 0 amide bonds. The first-order valence-corrected chi connectivity index (χ1v) is 7.99. The van der Waals surface area contributed by atoms with E-state index in [0.29, 0.717) is 11.3 Å². The van der Waals surface area contributed by atoms with Crippen molar-refractivity contribution in [1.82, 2.24) is 9.97 Å². The van der Waals surface area contributed by atoms with Crippen LogP contribution in [-0.2, 0) is 10.1 Å². The fourth-order valence-corrected chi connectivity index (χ4v) is 2.85. The van der Waals surface area contributed by atoms with Gasteiger partial charge in [-0.25, -0.2) is 4.98 Å². The highest BCUT2D eigenvalue weighted by Gasteiger charge is 2.15. The molecule has 0 saturated carbocycles. The molecule has 2 rings (SSSR count). The summed E-state index contributed by atoms with van der Waals surface area (Å²) in [5, 5.41) is 2.83. The van der Waals surface area contributed by atoms with Crippen molar-refractivity contribution < 1.29 is 13.0 Å². The molecule has 0 unspecified atom stereocenters. The maximum absolute atomic E-state index is 11.1. The minimum Gasteiger partial charge on any atom is -0.339 e. The van der Waals surface area contributed by atoms with Gasteiger partial charge in [-0.05, 0) is 42.3 Å². The van der Waals surface area contributed by atoms with Crippen LogP contribution in [0.25, 0.3) is 0 Å². The summed E-state index contributed by atoms with van der Waals surface area (Å²) < 4.78 is 31.3. The molecule has 0 spiro atoms. The number of hydrogen-bond acceptors (Lipinski definition) is 5. The summed E-state index contributed by atoms with van der Waals surface area (Å²) in [4.78, 5) is 7.38. The Labute approximate surface area is 135 Å². The quantitative estimate of drug-likeness (QED) is 0.487. The number of aryl methyl sites for hydroxylation is 1. The van der Waals surface area contributed by atoms with Crippen LogP contribution in [0.3, 0.4) is 0 Å². The Balaban J connectivity index is 2.40. The zero-order valence-corrected chi connectivity index (χ0v) is 13.5. The Kier molecular flexibility index (Phi) is 4.60. The Morgan fingerprint density at radius 3 is 2.43 bits per heavy atom. The van der Waals surface area contributed by atoms with Gasteiger partial charge in [0.15, 0.2) is 11.0 Å². The highest BCUT2D eigenvalue weighted by atomic mass is 35.5. The van der Waals surface area contributed by atoms with E-state index in [1.807, 2.05) is 0 Å². The van der Waals surface area contributed by atoms with Crippen molar-refractivity contribution in [3.05, 3.63) is 39.2 Å². The van der Waals surface area contributed by atoms with Crippen molar-refractivity contribution in [1.29, 1.82) is 0 Å². The zero-order chi connectivity index (χ0) is 15.8. The fourth-order valence-electron chi connectivity index (χ4n) is 1.63. The van der Waals surface area contributed by atoms with Crippen molar-refractivity contribution in [2.75, 3.05) is 5.32 Å². The Bertz CT molecular complexity index is 812. The van der Waals surface area contributed by atoms with Crippen LogP contribution in [0.15, 0.2) is 23.1 Å². The lowest BCUT2D eigenvalue weighted by Crippen LogP contribution is -2.02. The molecule has 0 aliphatic rings. The molecule has 1 aromatic carbocycles. The lowest BCUT2D eigenvalue weighted by molar-refractivity contribution is 0.482. The van der Waals surface area contributed by atoms with Crippen molar-refractivity contribution >= 4 is 56.4 Å². The molecule has 0 atom stereocenters. The highest BCUT2D eigenvalue weighted by Crippen LogP contribution is 2.31. The zero-order valence-electron chi connectivity index (χ0n) is 10.4. The summed E-state index contributed by atoms with van der Waals surface area (Å²) in [5.41, 5.74) is 0.845. The van der Waals surface area contributed by atoms with Crippen LogP contribution in [0.2, 0.25) is 15.5 Å². The molecular weight excluding hydrogens is 361 g/mol. The standard InChI is InChI=1S/C11H8Cl3N3O3S/c1-5-4-6(2-3-7(5)21(18,19)20)15-10-8(12)9(13)16-11(14)17-10/h2-4H,1H3,(H,15,16,17)(H,18,19,20). The second-order valence-corrected chi connectivity index (χ2v) is 6.49. The summed E-state index contributed by atoms with van der Waals surface area (Å²) in [7, 11) is -4.27. The second kappa shape index (κ2) is 5.94. The fraction of sp³-hybridized carbons (Fsp3) is 0.0909. The first kappa shape index (κ1) is 16.3. The lowest BCUT2D eigenvalue weighted by atomic mass is 10.2. The summed E-state index contributed by atoms with van der Waals surface area (Å²) in [5.74, 6) is 0.181. The molecule has 0 aliphatic heterocycles. The number of nitrogens with zero attached hydrogens (tertiary/aromatic N) is 2. The van der Waals surface area contributed by atoms with Gasteiger partial charge in [-0.1, -0.05) is 23.2 Å². The molecule has 0 saturated heterocycles. The van der Waals surface area contributed by atoms with Gasteiger partial charge in [0, 0.05) is 5.69 Å². The van der Waals surface area contributed by atoms with Gasteiger partial charge in [-0.3, -0.25) is 4.55 Å². The third kappa shape index (κ3) is 3.75. The van der Waals surface area contributed by atoms with E-state index in [1.165, 1.54) is 25.1 Å². The number of aromatic nitrogens is 2. The summed E-state index contributed by atoms with van der Waals surface area (Å²) in [6, 6.07) is 4.20. The third-order valence-corrected chi connectivity index (χ3v) is 4.41. The number of hydrogen-bond donors (Lipinski definition) is 2. The van der Waals surface area contributed by atoms with Crippen LogP contribution in [0.4, 0.5) is 11.5 Å². The van der Waals surface area contributed by atoms with E-state index in [0.717, 1.165) is 0 Å². The van der Waals surface area contributed by atoms with Crippen LogP contribution in [-0.4, -0.2) is 22.9 Å². The maximum Gasteiger partial charge on any atom is 0.294 e. The number of halogens is 3. The predicted octanol–water partition coefficient (Wildman–Crippen LogP) is 3.74. The minimum atomic E-state index is -4.27. The Hall–Kier alpha value is -1.12. The second-order valence-electron chi connectivity index (χ2n) is 4.03. The Morgan fingerprint density at radius 2 is 1.86 bits per heavy atom. The highest BCUT2D eigenvalue weighted by molar-refractivity contribution is 7.85. The van der Waals surface area contributed by atoms with Crippen molar-refractivity contribution in [3.63, 3.8) is 0 Å². The summed E-state index contributed by atoms with van der Waals surface area (Å²) in [6.45, 7) is 1.54. The van der Waals surface area contributed by atoms with Gasteiger partial charge >= 0.3 is 0 Å². The summed E-state index contributed by atoms with van der Waals surface area (Å²) >= 11 is 17.4. The van der Waals surface area contributed by atoms with Crippen LogP contribution >= 0.6 is 34.8 Å². The van der Waals surface area contributed by atoms with Gasteiger partial charge in [0.1, 0.15) is 5.02 Å². The van der Waals surface area contributed by atoms with Crippen molar-refractivity contribution in [2.45, 2.75) is 11.8 Å². The first-order chi connectivity index (χ1) is 9.68. The molecule has 1 aromatic heterocycles. The molecule has 0 fully saturated rings. The monoisotopic (exact) mass is 367 g/mol. The molecule has 0 aliphatic carbocycles. The molecular formula is C11H8Cl3N3O3S. The smallest absolute Gasteiger partial charge is 0.294 e. The lowest BCUT2D eigenvalue weighted by Gasteiger charge is -2.10. The summed E-state index contributed by atoms with van der Waals surface area (Å²) in [6.07, 6.45) is 0. The Morgan fingerprint density at radius 1 is 1.19 bits per heavy atom. The average Bonchev–Trinajstić information content (AvgIpc) is 2.33. The molecule has 10 heteroatoms. The van der Waals surface area contributed by atoms with E-state index >= 15 is 0 Å². The van der Waals surface area contributed by atoms with Gasteiger partial charge in [-0.2, -0.15) is 13.4 Å². The van der Waals surface area contributed by atoms with Crippen molar-refractivity contribution in [3.8, 4) is 0 Å². The van der Waals surface area contributed by atoms with E-state index in [1.54, 1.807) is 0 Å². The SMILES string of the molecule is Cc1cc(Nc2nc(Cl)nc(Cl)c2Cl)ccc1S(=O)(=O)O. The van der Waals surface area contributed by atoms with E-state index in [9.17, 15) is 8.42 Å². The van der Waals surface area contributed by atoms with Gasteiger partial charge in [0.05, 0.1) is 4.90 Å². The van der Waals surface area contributed by atoms with Gasteiger partial charge in [-0.15, -0.1) is 0 Å². The molecule has 2 aromatic rings. The number of nitrogens with one attached hydrogen (secondary N) is 1. The van der Waals surface area contributed by atoms with E-state index in [4.69, 9.17) is 39.4 Å². The van der Waals surface area contributed by atoms with Crippen LogP contribution in [0, 0.1) is 6.92 Å². The normalized spacial score (nSPS) is 11.5. The number of anilines is 2.